The Morgan fingerprint density at radius 3 is 2.58 bits per heavy atom. The van der Waals surface area contributed by atoms with Crippen molar-refractivity contribution in [2.75, 3.05) is 7.11 Å². The fourth-order valence-electron chi connectivity index (χ4n) is 2.83. The van der Waals surface area contributed by atoms with Gasteiger partial charge in [0.05, 0.1) is 7.11 Å². The van der Waals surface area contributed by atoms with Gasteiger partial charge in [0.15, 0.2) is 17.3 Å². The number of rotatable bonds is 4. The molecule has 8 nitrogen and oxygen atoms in total. The van der Waals surface area contributed by atoms with Gasteiger partial charge < -0.3 is 15.2 Å². The minimum Gasteiger partial charge on any atom is -0.491 e. The van der Waals surface area contributed by atoms with Crippen LogP contribution in [0.25, 0.3) is 0 Å². The Hall–Kier alpha value is -3.68. The highest BCUT2D eigenvalue weighted by Crippen LogP contribution is 2.43. The maximum Gasteiger partial charge on any atom is 0.338 e. The van der Waals surface area contributed by atoms with Gasteiger partial charge in [-0.3, -0.25) is 9.59 Å². The number of hydrogen-bond donors (Lipinski definition) is 1. The van der Waals surface area contributed by atoms with Gasteiger partial charge in [-0.1, -0.05) is 30.3 Å². The smallest absolute Gasteiger partial charge is 0.338 e. The van der Waals surface area contributed by atoms with Gasteiger partial charge in [0.2, 0.25) is 5.96 Å². The third kappa shape index (κ3) is 2.39. The van der Waals surface area contributed by atoms with Crippen LogP contribution in [0.3, 0.4) is 0 Å². The monoisotopic (exact) mass is 350 g/mol. The van der Waals surface area contributed by atoms with Gasteiger partial charge in [-0.15, -0.1) is 0 Å². The van der Waals surface area contributed by atoms with E-state index in [2.05, 4.69) is 9.98 Å². The number of ether oxygens (including phenoxy) is 2. The average molecular weight is 350 g/mol. The number of nitrogens with zero attached hydrogens (tertiary/aromatic N) is 3. The van der Waals surface area contributed by atoms with Crippen molar-refractivity contribution in [1.82, 2.24) is 4.90 Å². The molecule has 2 N–H and O–H groups in total. The topological polar surface area (TPSA) is 107 Å². The van der Waals surface area contributed by atoms with E-state index in [0.717, 1.165) is 10.5 Å². The van der Waals surface area contributed by atoms with Crippen LogP contribution < -0.4 is 15.2 Å². The van der Waals surface area contributed by atoms with Crippen LogP contribution in [0.15, 0.2) is 52.4 Å². The van der Waals surface area contributed by atoms with Crippen molar-refractivity contribution >= 4 is 29.3 Å². The first-order valence-corrected chi connectivity index (χ1v) is 7.79. The molecule has 0 spiro atoms. The summed E-state index contributed by atoms with van der Waals surface area (Å²) in [6, 6.07) is 13.0. The second-order valence-corrected chi connectivity index (χ2v) is 5.62. The number of amides is 2. The fourth-order valence-corrected chi connectivity index (χ4v) is 2.83. The van der Waals surface area contributed by atoms with Crippen molar-refractivity contribution in [2.24, 2.45) is 15.7 Å². The standard InChI is InChI=1S/C18H14N4O4/c1-25-14-12(26-9-10-5-3-2-4-6-10)8-7-11-13(14)20-18(19)22-15(11)21-16(23)17(22)24/h2-8H,9H2,1H3,(H2,19,20). The lowest BCUT2D eigenvalue weighted by molar-refractivity contribution is -0.138. The molecule has 26 heavy (non-hydrogen) atoms. The molecular weight excluding hydrogens is 336 g/mol. The first kappa shape index (κ1) is 15.8. The highest BCUT2D eigenvalue weighted by atomic mass is 16.5. The summed E-state index contributed by atoms with van der Waals surface area (Å²) >= 11 is 0. The molecule has 0 unspecified atom stereocenters. The van der Waals surface area contributed by atoms with Crippen LogP contribution in [-0.2, 0) is 16.2 Å². The summed E-state index contributed by atoms with van der Waals surface area (Å²) in [4.78, 5) is 32.5. The van der Waals surface area contributed by atoms with E-state index in [9.17, 15) is 9.59 Å². The molecule has 0 aliphatic carbocycles. The molecule has 4 rings (SSSR count). The molecule has 0 saturated carbocycles. The number of amidine groups is 1. The van der Waals surface area contributed by atoms with E-state index in [0.29, 0.717) is 29.4 Å². The van der Waals surface area contributed by atoms with Crippen LogP contribution in [0.2, 0.25) is 0 Å². The highest BCUT2D eigenvalue weighted by molar-refractivity contribution is 6.50. The van der Waals surface area contributed by atoms with Crippen LogP contribution in [0.4, 0.5) is 5.69 Å². The lowest BCUT2D eigenvalue weighted by Gasteiger charge is -2.24. The van der Waals surface area contributed by atoms with Crippen molar-refractivity contribution in [3.8, 4) is 11.5 Å². The summed E-state index contributed by atoms with van der Waals surface area (Å²) in [5, 5.41) is 0. The second kappa shape index (κ2) is 5.99. The zero-order valence-electron chi connectivity index (χ0n) is 13.8. The Bertz CT molecular complexity index is 982. The van der Waals surface area contributed by atoms with E-state index in [-0.39, 0.29) is 11.8 Å². The van der Waals surface area contributed by atoms with E-state index in [1.165, 1.54) is 7.11 Å². The van der Waals surface area contributed by atoms with Gasteiger partial charge in [0.25, 0.3) is 0 Å². The third-order valence-corrected chi connectivity index (χ3v) is 4.04. The molecule has 0 bridgehead atoms. The Morgan fingerprint density at radius 2 is 1.85 bits per heavy atom. The molecule has 2 aromatic carbocycles. The molecule has 2 aliphatic heterocycles. The minimum absolute atomic E-state index is 0.134. The molecule has 0 fully saturated rings. The van der Waals surface area contributed by atoms with E-state index < -0.39 is 11.8 Å². The number of aliphatic imine (C=N–C) groups is 2. The predicted molar refractivity (Wildman–Crippen MR) is 93.4 cm³/mol. The molecule has 2 amide bonds. The van der Waals surface area contributed by atoms with Gasteiger partial charge in [0.1, 0.15) is 12.3 Å². The first-order chi connectivity index (χ1) is 12.6. The Balaban J connectivity index is 1.74. The SMILES string of the molecule is COc1c(OCc2ccccc2)ccc2c1N=C(N)N1C(=O)C(=O)N=C21. The van der Waals surface area contributed by atoms with Gasteiger partial charge in [0, 0.05) is 5.56 Å². The van der Waals surface area contributed by atoms with Crippen molar-refractivity contribution in [2.45, 2.75) is 6.61 Å². The summed E-state index contributed by atoms with van der Waals surface area (Å²) in [5.41, 5.74) is 7.69. The summed E-state index contributed by atoms with van der Waals surface area (Å²) < 4.78 is 11.3. The Kier molecular flexibility index (Phi) is 3.65. The highest BCUT2D eigenvalue weighted by Gasteiger charge is 2.41. The number of carbonyl (C=O) groups is 2. The van der Waals surface area contributed by atoms with Gasteiger partial charge >= 0.3 is 11.8 Å². The number of benzene rings is 2. The zero-order chi connectivity index (χ0) is 18.3. The van der Waals surface area contributed by atoms with Crippen molar-refractivity contribution in [3.05, 3.63) is 53.6 Å². The summed E-state index contributed by atoms with van der Waals surface area (Å²) in [7, 11) is 1.48. The maximum atomic E-state index is 11.9. The first-order valence-electron chi connectivity index (χ1n) is 7.79. The number of carbonyl (C=O) groups excluding carboxylic acids is 2. The van der Waals surface area contributed by atoms with Gasteiger partial charge in [-0.2, -0.15) is 4.99 Å². The summed E-state index contributed by atoms with van der Waals surface area (Å²) in [6.07, 6.45) is 0. The number of guanidine groups is 1. The van der Waals surface area contributed by atoms with Crippen molar-refractivity contribution < 1.29 is 19.1 Å². The molecule has 0 radical (unpaired) electrons. The van der Waals surface area contributed by atoms with E-state index in [1.54, 1.807) is 12.1 Å². The molecule has 8 heteroatoms. The predicted octanol–water partition coefficient (Wildman–Crippen LogP) is 1.35. The van der Waals surface area contributed by atoms with Gasteiger partial charge in [-0.05, 0) is 17.7 Å². The molecule has 0 saturated heterocycles. The van der Waals surface area contributed by atoms with Crippen LogP contribution >= 0.6 is 0 Å². The number of methoxy groups -OCH3 is 1. The average Bonchev–Trinajstić information content (AvgIpc) is 2.96. The largest absolute Gasteiger partial charge is 0.491 e. The molecule has 2 heterocycles. The number of hydrogen-bond acceptors (Lipinski definition) is 6. The maximum absolute atomic E-state index is 11.9. The lowest BCUT2D eigenvalue weighted by Crippen LogP contribution is -2.45. The van der Waals surface area contributed by atoms with E-state index in [1.807, 2.05) is 30.3 Å². The third-order valence-electron chi connectivity index (χ3n) is 4.04. The molecular formula is C18H14N4O4. The Labute approximate surface area is 148 Å². The summed E-state index contributed by atoms with van der Waals surface area (Å²) in [6.45, 7) is 0.346. The molecule has 2 aliphatic rings. The van der Waals surface area contributed by atoms with Crippen molar-refractivity contribution in [3.63, 3.8) is 0 Å². The lowest BCUT2D eigenvalue weighted by atomic mass is 10.1. The fraction of sp³-hybridized carbons (Fsp3) is 0.111. The molecule has 130 valence electrons. The molecule has 2 aromatic rings. The minimum atomic E-state index is -0.880. The van der Waals surface area contributed by atoms with Crippen LogP contribution in [0, 0.1) is 0 Å². The Morgan fingerprint density at radius 1 is 1.08 bits per heavy atom. The number of nitrogens with two attached hydrogens (primary N) is 1. The van der Waals surface area contributed by atoms with Crippen LogP contribution in [0.1, 0.15) is 11.1 Å². The van der Waals surface area contributed by atoms with Crippen LogP contribution in [0.5, 0.6) is 11.5 Å². The van der Waals surface area contributed by atoms with Gasteiger partial charge in [-0.25, -0.2) is 9.89 Å². The summed E-state index contributed by atoms with van der Waals surface area (Å²) in [5.74, 6) is -0.863. The van der Waals surface area contributed by atoms with Crippen molar-refractivity contribution in [1.29, 1.82) is 0 Å². The molecule has 0 aromatic heterocycles. The van der Waals surface area contributed by atoms with E-state index in [4.69, 9.17) is 15.2 Å². The quantitative estimate of drug-likeness (QED) is 0.838. The van der Waals surface area contributed by atoms with Crippen LogP contribution in [-0.4, -0.2) is 35.6 Å². The zero-order valence-corrected chi connectivity index (χ0v) is 13.8. The van der Waals surface area contributed by atoms with E-state index >= 15 is 0 Å². The second-order valence-electron chi connectivity index (χ2n) is 5.62. The molecule has 0 atom stereocenters. The number of fused-ring (bicyclic) bond motifs is 3. The normalized spacial score (nSPS) is 15.2.